The van der Waals surface area contributed by atoms with Gasteiger partial charge in [0, 0.05) is 35.6 Å². The summed E-state index contributed by atoms with van der Waals surface area (Å²) in [4.78, 5) is 41.3. The first-order chi connectivity index (χ1) is 24.9. The van der Waals surface area contributed by atoms with E-state index in [9.17, 15) is 31.2 Å². The van der Waals surface area contributed by atoms with Gasteiger partial charge in [0.1, 0.15) is 11.6 Å². The number of hydrogen-bond donors (Lipinski definition) is 3. The third-order valence-corrected chi connectivity index (χ3v) is 10.3. The molecule has 1 fully saturated rings. The van der Waals surface area contributed by atoms with Gasteiger partial charge in [-0.25, -0.2) is 28.2 Å². The fourth-order valence-corrected chi connectivity index (χ4v) is 7.03. The summed E-state index contributed by atoms with van der Waals surface area (Å²) in [6.45, 7) is 3.50. The lowest BCUT2D eigenvalue weighted by Gasteiger charge is -2.35. The number of carboxylic acid groups (broad SMARTS) is 1. The van der Waals surface area contributed by atoms with Crippen LogP contribution in [0, 0.1) is 12.7 Å². The van der Waals surface area contributed by atoms with Crippen LogP contribution in [0.5, 0.6) is 5.75 Å². The Bertz CT molecular complexity index is 2120. The largest absolute Gasteiger partial charge is 0.496 e. The van der Waals surface area contributed by atoms with Gasteiger partial charge in [-0.2, -0.15) is 13.2 Å². The molecule has 5 rings (SSSR count). The first-order valence-corrected chi connectivity index (χ1v) is 17.6. The number of halogens is 4. The number of nitrogens with one attached hydrogen (secondary N) is 1. The second kappa shape index (κ2) is 16.5. The molecule has 4 aromatic rings. The highest BCUT2D eigenvalue weighted by molar-refractivity contribution is 7.91. The number of aryl methyl sites for hydroxylation is 1. The molecule has 0 saturated carbocycles. The van der Waals surface area contributed by atoms with Gasteiger partial charge < -0.3 is 19.5 Å². The number of amides is 2. The molecule has 1 saturated heterocycles. The van der Waals surface area contributed by atoms with Crippen molar-refractivity contribution in [1.82, 2.24) is 9.88 Å². The lowest BCUT2D eigenvalue weighted by molar-refractivity contribution is -0.192. The summed E-state index contributed by atoms with van der Waals surface area (Å²) in [6, 6.07) is 12.3. The maximum Gasteiger partial charge on any atom is 0.490 e. The van der Waals surface area contributed by atoms with Crippen molar-refractivity contribution in [2.24, 2.45) is 5.84 Å². The van der Waals surface area contributed by atoms with Crippen LogP contribution in [0.4, 0.5) is 33.7 Å². The molecule has 2 heterocycles. The van der Waals surface area contributed by atoms with Crippen molar-refractivity contribution < 1.29 is 54.9 Å². The minimum Gasteiger partial charge on any atom is -0.496 e. The number of likely N-dealkylation sites (tertiary alicyclic amines) is 1. The number of ether oxygens (including phenoxy) is 2. The fraction of sp³-hybridized carbons (Fsp3) is 0.314. The van der Waals surface area contributed by atoms with Crippen molar-refractivity contribution in [2.45, 2.75) is 49.8 Å². The van der Waals surface area contributed by atoms with Crippen molar-refractivity contribution in [2.75, 3.05) is 36.8 Å². The highest BCUT2D eigenvalue weighted by Crippen LogP contribution is 2.41. The van der Waals surface area contributed by atoms with Gasteiger partial charge in [-0.3, -0.25) is 20.1 Å². The summed E-state index contributed by atoms with van der Waals surface area (Å²) < 4.78 is 84.2. The van der Waals surface area contributed by atoms with E-state index in [1.165, 1.54) is 61.4 Å². The Morgan fingerprint density at radius 2 is 1.79 bits per heavy atom. The van der Waals surface area contributed by atoms with Crippen molar-refractivity contribution in [3.05, 3.63) is 89.5 Å². The molecule has 13 nitrogen and oxygen atoms in total. The molecule has 53 heavy (non-hydrogen) atoms. The van der Waals surface area contributed by atoms with Crippen LogP contribution in [0.1, 0.15) is 48.5 Å². The summed E-state index contributed by atoms with van der Waals surface area (Å²) >= 11 is 0. The van der Waals surface area contributed by atoms with Crippen LogP contribution in [0.2, 0.25) is 0 Å². The Kier molecular flexibility index (Phi) is 12.5. The smallest absolute Gasteiger partial charge is 0.490 e. The van der Waals surface area contributed by atoms with E-state index in [1.54, 1.807) is 37.5 Å². The molecule has 0 spiro atoms. The Labute approximate surface area is 302 Å². The second-order valence-electron chi connectivity index (χ2n) is 11.8. The number of nitrogens with zero attached hydrogens (tertiary/aromatic N) is 3. The summed E-state index contributed by atoms with van der Waals surface area (Å²) in [5.41, 5.74) is 1.63. The number of nitrogens with two attached hydrogens (primary N) is 1. The summed E-state index contributed by atoms with van der Waals surface area (Å²) in [5.74, 6) is 3.01. The molecular weight excluding hydrogens is 726 g/mol. The van der Waals surface area contributed by atoms with E-state index in [0.29, 0.717) is 41.1 Å². The molecule has 1 aliphatic rings. The van der Waals surface area contributed by atoms with Crippen LogP contribution in [0.15, 0.2) is 71.9 Å². The Hall–Kier alpha value is -5.49. The summed E-state index contributed by atoms with van der Waals surface area (Å²) in [7, 11) is -1.06. The van der Waals surface area contributed by atoms with Crippen molar-refractivity contribution in [3.8, 4) is 5.75 Å². The Balaban J connectivity index is 0.000000815. The van der Waals surface area contributed by atoms with E-state index in [0.717, 1.165) is 10.8 Å². The first-order valence-electron chi connectivity index (χ1n) is 16.0. The zero-order valence-corrected chi connectivity index (χ0v) is 29.8. The molecule has 1 aromatic heterocycles. The van der Waals surface area contributed by atoms with Gasteiger partial charge in [0.25, 0.3) is 5.91 Å². The highest BCUT2D eigenvalue weighted by Gasteiger charge is 2.41. The van der Waals surface area contributed by atoms with E-state index < -0.39 is 51.9 Å². The minimum absolute atomic E-state index is 0.00191. The molecule has 1 aliphatic heterocycles. The molecule has 284 valence electrons. The molecule has 0 bridgehead atoms. The van der Waals surface area contributed by atoms with E-state index in [-0.39, 0.29) is 22.8 Å². The lowest BCUT2D eigenvalue weighted by Crippen LogP contribution is -2.46. The van der Waals surface area contributed by atoms with Crippen LogP contribution < -0.4 is 20.9 Å². The number of fused-ring (bicyclic) bond motifs is 1. The topological polar surface area (TPSA) is 181 Å². The van der Waals surface area contributed by atoms with Crippen LogP contribution in [0.3, 0.4) is 0 Å². The standard InChI is InChI=1S/C33H36FN5O6S.C2HF3O2/c1-5-46(42,43)30-11-9-23(37-33(41)45-4)17-26(30)28-7-6-14-38(28)32(40)31(25-18-29(44-3)20(2)15-27(25)34)39(35)24-10-8-22-19-36-13-12-21(22)16-24;3-2(4,5)1(6)7/h8-13,15-19,28,31H,5-7,14,35H2,1-4H3,(H,37,41);(H,6,7)/t28-,31+;/m1./s1. The molecular formula is C35H37F4N5O8S. The maximum absolute atomic E-state index is 15.8. The highest BCUT2D eigenvalue weighted by atomic mass is 32.2. The zero-order chi connectivity index (χ0) is 39.2. The van der Waals surface area contributed by atoms with Gasteiger partial charge in [0.05, 0.1) is 36.6 Å². The molecule has 0 aliphatic carbocycles. The molecule has 3 aromatic carbocycles. The number of methoxy groups -OCH3 is 2. The average molecular weight is 764 g/mol. The second-order valence-corrected chi connectivity index (χ2v) is 14.1. The minimum atomic E-state index is -5.08. The average Bonchev–Trinajstić information content (AvgIpc) is 3.62. The first kappa shape index (κ1) is 40.3. The van der Waals surface area contributed by atoms with Crippen LogP contribution >= 0.6 is 0 Å². The molecule has 18 heteroatoms. The summed E-state index contributed by atoms with van der Waals surface area (Å²) in [6.07, 6.45) is -1.49. The number of sulfone groups is 1. The number of carboxylic acids is 1. The molecule has 4 N–H and O–H groups in total. The predicted octanol–water partition coefficient (Wildman–Crippen LogP) is 6.08. The van der Waals surface area contributed by atoms with Gasteiger partial charge in [-0.15, -0.1) is 0 Å². The van der Waals surface area contributed by atoms with Crippen LogP contribution in [-0.2, 0) is 24.2 Å². The van der Waals surface area contributed by atoms with E-state index >= 15 is 4.39 Å². The number of pyridine rings is 1. The number of aliphatic carboxylic acids is 1. The maximum atomic E-state index is 15.8. The van der Waals surface area contributed by atoms with E-state index in [2.05, 4.69) is 10.3 Å². The SMILES string of the molecule is CCS(=O)(=O)c1ccc(NC(=O)OC)cc1[C@H]1CCCN1C(=O)[C@H](c1cc(OC)c(C)cc1F)N(N)c1ccc2cnccc2c1.O=C(O)C(F)(F)F. The number of anilines is 2. The Morgan fingerprint density at radius 1 is 1.09 bits per heavy atom. The molecule has 0 radical (unpaired) electrons. The molecule has 2 atom stereocenters. The molecule has 0 unspecified atom stereocenters. The summed E-state index contributed by atoms with van der Waals surface area (Å²) in [5, 5.41) is 12.6. The quantitative estimate of drug-likeness (QED) is 0.102. The third kappa shape index (κ3) is 9.12. The van der Waals surface area contributed by atoms with E-state index in [1.807, 2.05) is 6.07 Å². The molecule has 2 amide bonds. The normalized spacial score (nSPS) is 14.9. The van der Waals surface area contributed by atoms with Crippen molar-refractivity contribution in [3.63, 3.8) is 0 Å². The van der Waals surface area contributed by atoms with Gasteiger partial charge >= 0.3 is 18.2 Å². The number of benzene rings is 3. The number of carbonyl (C=O) groups excluding carboxylic acids is 2. The van der Waals surface area contributed by atoms with Gasteiger partial charge in [-0.1, -0.05) is 13.0 Å². The third-order valence-electron chi connectivity index (χ3n) is 8.54. The lowest BCUT2D eigenvalue weighted by atomic mass is 9.98. The number of alkyl halides is 3. The number of carbonyl (C=O) groups is 3. The van der Waals surface area contributed by atoms with Crippen LogP contribution in [0.25, 0.3) is 10.8 Å². The van der Waals surface area contributed by atoms with Gasteiger partial charge in [0.2, 0.25) is 0 Å². The van der Waals surface area contributed by atoms with E-state index in [4.69, 9.17) is 25.2 Å². The van der Waals surface area contributed by atoms with Crippen LogP contribution in [-0.4, -0.2) is 74.1 Å². The van der Waals surface area contributed by atoms with Crippen molar-refractivity contribution in [1.29, 1.82) is 0 Å². The fourth-order valence-electron chi connectivity index (χ4n) is 5.89. The number of hydrogen-bond acceptors (Lipinski definition) is 10. The predicted molar refractivity (Wildman–Crippen MR) is 186 cm³/mol. The Morgan fingerprint density at radius 3 is 2.42 bits per heavy atom. The van der Waals surface area contributed by atoms with Crippen molar-refractivity contribution >= 4 is 50.0 Å². The number of rotatable bonds is 9. The zero-order valence-electron chi connectivity index (χ0n) is 29.0. The van der Waals surface area contributed by atoms with Gasteiger partial charge in [-0.05, 0) is 84.8 Å². The monoisotopic (exact) mass is 763 g/mol. The van der Waals surface area contributed by atoms with Gasteiger partial charge in [0.15, 0.2) is 15.9 Å². The number of hydrazine groups is 1. The number of aromatic nitrogens is 1.